The predicted octanol–water partition coefficient (Wildman–Crippen LogP) is 10.00. The van der Waals surface area contributed by atoms with Gasteiger partial charge in [-0.25, -0.2) is 0 Å². The van der Waals surface area contributed by atoms with Crippen molar-refractivity contribution in [3.05, 3.63) is 85.1 Å². The minimum Gasteiger partial charge on any atom is -0.383 e. The molecule has 1 unspecified atom stereocenters. The second-order valence-corrected chi connectivity index (χ2v) is 6.71. The van der Waals surface area contributed by atoms with Gasteiger partial charge in [-0.2, -0.15) is 0 Å². The predicted molar refractivity (Wildman–Crippen MR) is 148 cm³/mol. The third kappa shape index (κ3) is 16.1. The van der Waals surface area contributed by atoms with Gasteiger partial charge in [-0.05, 0) is 62.5 Å². The molecule has 0 amide bonds. The van der Waals surface area contributed by atoms with Crippen molar-refractivity contribution in [2.75, 3.05) is 0 Å². The molecule has 1 N–H and O–H groups in total. The highest BCUT2D eigenvalue weighted by Gasteiger charge is 2.07. The van der Waals surface area contributed by atoms with Crippen LogP contribution < -0.4 is 5.32 Å². The van der Waals surface area contributed by atoms with E-state index in [0.717, 1.165) is 23.3 Å². The third-order valence-corrected chi connectivity index (χ3v) is 4.30. The quantitative estimate of drug-likeness (QED) is 0.290. The number of benzene rings is 1. The van der Waals surface area contributed by atoms with Crippen molar-refractivity contribution in [1.29, 1.82) is 0 Å². The molecule has 0 saturated carbocycles. The van der Waals surface area contributed by atoms with Crippen LogP contribution in [0.1, 0.15) is 99.1 Å². The van der Waals surface area contributed by atoms with E-state index in [1.54, 1.807) is 6.08 Å². The molecule has 0 saturated heterocycles. The molecule has 1 atom stereocenters. The molecule has 0 fully saturated rings. The van der Waals surface area contributed by atoms with Crippen molar-refractivity contribution in [2.45, 2.75) is 94.0 Å². The van der Waals surface area contributed by atoms with Crippen LogP contribution in [0.5, 0.6) is 0 Å². The van der Waals surface area contributed by atoms with Crippen molar-refractivity contribution in [1.82, 2.24) is 5.32 Å². The standard InChI is InChI=1S/C23H33N.C3H6.2C2H6/c1-7-11-15-22(9-3)24-23(10-4)17-19(8-2)21-14-12-13-20(16-21)18(5)6;1-3-2;2*1-2/h8,10,12-14,16-17,22,24H,2,5,7,9,11,15H2,1,3-4,6H3;3H,1H2,2H3;2*1-2H3/b19-17+,23-10+;;;. The maximum atomic E-state index is 4.04. The molecule has 0 aliphatic rings. The Balaban J connectivity index is -0.000000999. The molecule has 0 aliphatic heterocycles. The van der Waals surface area contributed by atoms with Gasteiger partial charge in [-0.15, -0.1) is 6.58 Å². The van der Waals surface area contributed by atoms with E-state index in [-0.39, 0.29) is 0 Å². The number of nitrogens with one attached hydrogen (secondary N) is 1. The molecule has 0 aliphatic carbocycles. The summed E-state index contributed by atoms with van der Waals surface area (Å²) >= 11 is 0. The van der Waals surface area contributed by atoms with Gasteiger partial charge in [0.25, 0.3) is 0 Å². The van der Waals surface area contributed by atoms with Crippen LogP contribution in [0.2, 0.25) is 0 Å². The molecule has 0 heterocycles. The van der Waals surface area contributed by atoms with Gasteiger partial charge >= 0.3 is 0 Å². The first-order valence-electron chi connectivity index (χ1n) is 12.1. The Kier molecular flexibility index (Phi) is 25.8. The van der Waals surface area contributed by atoms with Gasteiger partial charge in [0, 0.05) is 11.7 Å². The zero-order valence-corrected chi connectivity index (χ0v) is 22.1. The summed E-state index contributed by atoms with van der Waals surface area (Å²) in [7, 11) is 0. The molecule has 1 aromatic carbocycles. The van der Waals surface area contributed by atoms with Gasteiger partial charge in [0.15, 0.2) is 0 Å². The smallest absolute Gasteiger partial charge is 0.0305 e. The maximum Gasteiger partial charge on any atom is 0.0305 e. The van der Waals surface area contributed by atoms with Gasteiger partial charge < -0.3 is 5.32 Å². The number of allylic oxidation sites excluding steroid dienone is 6. The summed E-state index contributed by atoms with van der Waals surface area (Å²) in [5.41, 5.74) is 5.71. The topological polar surface area (TPSA) is 12.0 Å². The second kappa shape index (κ2) is 24.0. The highest BCUT2D eigenvalue weighted by molar-refractivity contribution is 5.77. The zero-order valence-electron chi connectivity index (χ0n) is 22.1. The normalized spacial score (nSPS) is 11.3. The van der Waals surface area contributed by atoms with Crippen molar-refractivity contribution in [3.8, 4) is 0 Å². The molecule has 1 heteroatoms. The molecule has 0 radical (unpaired) electrons. The second-order valence-electron chi connectivity index (χ2n) is 6.71. The lowest BCUT2D eigenvalue weighted by Crippen LogP contribution is -2.27. The van der Waals surface area contributed by atoms with Gasteiger partial charge in [-0.3, -0.25) is 0 Å². The minimum atomic E-state index is 0.528. The van der Waals surface area contributed by atoms with Crippen LogP contribution in [-0.2, 0) is 0 Å². The molecule has 1 aromatic rings. The van der Waals surface area contributed by atoms with Crippen LogP contribution in [0.25, 0.3) is 11.1 Å². The molecule has 0 bridgehead atoms. The molecule has 176 valence electrons. The molecule has 0 aromatic heterocycles. The fraction of sp³-hybridized carbons (Fsp3) is 0.467. The van der Waals surface area contributed by atoms with Crippen molar-refractivity contribution < 1.29 is 0 Å². The van der Waals surface area contributed by atoms with Gasteiger partial charge in [-0.1, -0.05) is 110 Å². The summed E-state index contributed by atoms with van der Waals surface area (Å²) in [5.74, 6) is 0. The number of unbranched alkanes of at least 4 members (excludes halogenated alkanes) is 1. The van der Waals surface area contributed by atoms with E-state index in [0.29, 0.717) is 6.04 Å². The van der Waals surface area contributed by atoms with Gasteiger partial charge in [0.1, 0.15) is 0 Å². The van der Waals surface area contributed by atoms with E-state index in [4.69, 9.17) is 0 Å². The first-order chi connectivity index (χ1) is 15.0. The van der Waals surface area contributed by atoms with E-state index < -0.39 is 0 Å². The van der Waals surface area contributed by atoms with Crippen molar-refractivity contribution in [3.63, 3.8) is 0 Å². The van der Waals surface area contributed by atoms with Gasteiger partial charge in [0.2, 0.25) is 0 Å². The molecule has 1 rings (SSSR count). The highest BCUT2D eigenvalue weighted by atomic mass is 14.9. The first kappa shape index (κ1) is 33.4. The SMILES string of the molecule is C=C/C(=C\C(=C/C)NC(CC)CCCC)c1cccc(C(=C)C)c1.C=CC.CC.CC. The van der Waals surface area contributed by atoms with Crippen molar-refractivity contribution >= 4 is 11.1 Å². The summed E-state index contributed by atoms with van der Waals surface area (Å²) in [5, 5.41) is 3.68. The molecule has 31 heavy (non-hydrogen) atoms. The Morgan fingerprint density at radius 1 is 1.03 bits per heavy atom. The minimum absolute atomic E-state index is 0.528. The van der Waals surface area contributed by atoms with E-state index in [2.05, 4.69) is 82.2 Å². The lowest BCUT2D eigenvalue weighted by atomic mass is 9.99. The van der Waals surface area contributed by atoms with E-state index in [9.17, 15) is 0 Å². The lowest BCUT2D eigenvalue weighted by Gasteiger charge is -2.19. The summed E-state index contributed by atoms with van der Waals surface area (Å²) in [6.45, 7) is 29.9. The average molecular weight is 426 g/mol. The Hall–Kier alpha value is -2.28. The maximum absolute atomic E-state index is 4.04. The molecule has 1 nitrogen and oxygen atoms in total. The summed E-state index contributed by atoms with van der Waals surface area (Å²) in [6, 6.07) is 9.01. The van der Waals surface area contributed by atoms with Crippen LogP contribution >= 0.6 is 0 Å². The summed E-state index contributed by atoms with van der Waals surface area (Å²) in [6.07, 6.45) is 12.9. The molecular formula is C30H51N. The monoisotopic (exact) mass is 425 g/mol. The summed E-state index contributed by atoms with van der Waals surface area (Å²) in [4.78, 5) is 0. The van der Waals surface area contributed by atoms with E-state index in [1.165, 1.54) is 30.4 Å². The van der Waals surface area contributed by atoms with Crippen LogP contribution in [0, 0.1) is 0 Å². The number of hydrogen-bond acceptors (Lipinski definition) is 1. The zero-order chi connectivity index (χ0) is 24.7. The highest BCUT2D eigenvalue weighted by Crippen LogP contribution is 2.22. The fourth-order valence-electron chi connectivity index (χ4n) is 2.66. The van der Waals surface area contributed by atoms with E-state index >= 15 is 0 Å². The van der Waals surface area contributed by atoms with Crippen molar-refractivity contribution in [2.24, 2.45) is 0 Å². The van der Waals surface area contributed by atoms with Crippen LogP contribution in [0.3, 0.4) is 0 Å². The third-order valence-electron chi connectivity index (χ3n) is 4.30. The lowest BCUT2D eigenvalue weighted by molar-refractivity contribution is 0.495. The average Bonchev–Trinajstić information content (AvgIpc) is 2.82. The Morgan fingerprint density at radius 3 is 2.00 bits per heavy atom. The van der Waals surface area contributed by atoms with Gasteiger partial charge in [0.05, 0.1) is 0 Å². The van der Waals surface area contributed by atoms with Crippen LogP contribution in [0.15, 0.2) is 74.0 Å². The first-order valence-corrected chi connectivity index (χ1v) is 12.1. The number of hydrogen-bond donors (Lipinski definition) is 1. The number of rotatable bonds is 10. The summed E-state index contributed by atoms with van der Waals surface area (Å²) < 4.78 is 0. The molecular weight excluding hydrogens is 374 g/mol. The molecule has 0 spiro atoms. The van der Waals surface area contributed by atoms with Crippen LogP contribution in [0.4, 0.5) is 0 Å². The van der Waals surface area contributed by atoms with Crippen LogP contribution in [-0.4, -0.2) is 6.04 Å². The Labute approximate surface area is 195 Å². The fourth-order valence-corrected chi connectivity index (χ4v) is 2.66. The Bertz CT molecular complexity index is 646. The van der Waals surface area contributed by atoms with E-state index in [1.807, 2.05) is 47.6 Å². The largest absolute Gasteiger partial charge is 0.383 e. The Morgan fingerprint density at radius 2 is 1.58 bits per heavy atom.